The summed E-state index contributed by atoms with van der Waals surface area (Å²) in [7, 11) is 0. The molecule has 0 amide bonds. The molecule has 3 aromatic rings. The summed E-state index contributed by atoms with van der Waals surface area (Å²) in [5, 5.41) is 4.36. The van der Waals surface area contributed by atoms with Gasteiger partial charge in [0.05, 0.1) is 18.1 Å². The summed E-state index contributed by atoms with van der Waals surface area (Å²) in [6.07, 6.45) is 4.19. The lowest BCUT2D eigenvalue weighted by molar-refractivity contribution is 0.628. The number of nitrogens with zero attached hydrogens (tertiary/aromatic N) is 4. The first-order chi connectivity index (χ1) is 9.17. The van der Waals surface area contributed by atoms with E-state index in [1.54, 1.807) is 16.8 Å². The lowest BCUT2D eigenvalue weighted by Gasteiger charge is -2.03. The van der Waals surface area contributed by atoms with Crippen molar-refractivity contribution in [3.63, 3.8) is 0 Å². The fraction of sp³-hybridized carbons (Fsp3) is 0.214. The Morgan fingerprint density at radius 2 is 2.16 bits per heavy atom. The van der Waals surface area contributed by atoms with Crippen LogP contribution in [0.2, 0.25) is 0 Å². The molecule has 0 radical (unpaired) electrons. The fourth-order valence-electron chi connectivity index (χ4n) is 1.95. The summed E-state index contributed by atoms with van der Waals surface area (Å²) in [6, 6.07) is 5.07. The minimum Gasteiger partial charge on any atom is -0.217 e. The maximum atomic E-state index is 13.9. The van der Waals surface area contributed by atoms with E-state index in [1.165, 1.54) is 6.07 Å². The van der Waals surface area contributed by atoms with Gasteiger partial charge in [-0.2, -0.15) is 5.10 Å². The number of benzene rings is 1. The van der Waals surface area contributed by atoms with Gasteiger partial charge in [-0.1, -0.05) is 13.0 Å². The lowest BCUT2D eigenvalue weighted by atomic mass is 10.1. The average molecular weight is 256 g/mol. The average Bonchev–Trinajstić information content (AvgIpc) is 2.80. The highest BCUT2D eigenvalue weighted by atomic mass is 19.1. The third kappa shape index (κ3) is 2.07. The summed E-state index contributed by atoms with van der Waals surface area (Å²) < 4.78 is 15.5. The quantitative estimate of drug-likeness (QED) is 0.708. The molecule has 0 unspecified atom stereocenters. The van der Waals surface area contributed by atoms with Crippen LogP contribution in [-0.2, 0) is 6.42 Å². The van der Waals surface area contributed by atoms with E-state index in [0.29, 0.717) is 17.0 Å². The molecule has 0 saturated heterocycles. The van der Waals surface area contributed by atoms with Crippen LogP contribution in [0.5, 0.6) is 0 Å². The van der Waals surface area contributed by atoms with E-state index in [0.717, 1.165) is 17.7 Å². The third-order valence-corrected chi connectivity index (χ3v) is 3.00. The monoisotopic (exact) mass is 256 g/mol. The van der Waals surface area contributed by atoms with E-state index >= 15 is 0 Å². The predicted molar refractivity (Wildman–Crippen MR) is 70.3 cm³/mol. The molecule has 2 aromatic heterocycles. The summed E-state index contributed by atoms with van der Waals surface area (Å²) >= 11 is 0. The highest BCUT2D eigenvalue weighted by molar-refractivity contribution is 5.59. The van der Waals surface area contributed by atoms with E-state index in [1.807, 2.05) is 26.1 Å². The molecule has 0 atom stereocenters. The van der Waals surface area contributed by atoms with Gasteiger partial charge in [-0.05, 0) is 31.0 Å². The molecular weight excluding hydrogens is 243 g/mol. The molecule has 0 spiro atoms. The van der Waals surface area contributed by atoms with Crippen molar-refractivity contribution in [1.29, 1.82) is 0 Å². The van der Waals surface area contributed by atoms with Gasteiger partial charge >= 0.3 is 0 Å². The number of hydrogen-bond donors (Lipinski definition) is 0. The summed E-state index contributed by atoms with van der Waals surface area (Å²) in [5.41, 5.74) is 2.75. The van der Waals surface area contributed by atoms with Crippen molar-refractivity contribution in [1.82, 2.24) is 19.6 Å². The second-order valence-electron chi connectivity index (χ2n) is 4.46. The summed E-state index contributed by atoms with van der Waals surface area (Å²) in [5.74, 6) is 0.248. The van der Waals surface area contributed by atoms with Crippen molar-refractivity contribution in [2.75, 3.05) is 0 Å². The number of imidazole rings is 1. The van der Waals surface area contributed by atoms with Crippen LogP contribution >= 0.6 is 0 Å². The van der Waals surface area contributed by atoms with Gasteiger partial charge in [0, 0.05) is 5.56 Å². The number of halogens is 1. The zero-order valence-electron chi connectivity index (χ0n) is 10.8. The maximum absolute atomic E-state index is 13.9. The van der Waals surface area contributed by atoms with Gasteiger partial charge in [0.2, 0.25) is 0 Å². The van der Waals surface area contributed by atoms with Gasteiger partial charge in [-0.15, -0.1) is 0 Å². The molecule has 5 heteroatoms. The Morgan fingerprint density at radius 3 is 2.89 bits per heavy atom. The van der Waals surface area contributed by atoms with E-state index in [2.05, 4.69) is 15.1 Å². The molecule has 0 fully saturated rings. The van der Waals surface area contributed by atoms with Gasteiger partial charge < -0.3 is 0 Å². The van der Waals surface area contributed by atoms with Crippen LogP contribution in [0.15, 0.2) is 30.6 Å². The topological polar surface area (TPSA) is 43.1 Å². The zero-order chi connectivity index (χ0) is 13.4. The van der Waals surface area contributed by atoms with Crippen molar-refractivity contribution in [3.05, 3.63) is 47.7 Å². The molecule has 96 valence electrons. The first-order valence-electron chi connectivity index (χ1n) is 6.15. The number of aromatic nitrogens is 4. The maximum Gasteiger partial charge on any atom is 0.250 e. The van der Waals surface area contributed by atoms with E-state index in [9.17, 15) is 4.39 Å². The molecule has 0 N–H and O–H groups in total. The van der Waals surface area contributed by atoms with Crippen molar-refractivity contribution in [2.24, 2.45) is 0 Å². The number of rotatable bonds is 2. The van der Waals surface area contributed by atoms with Crippen LogP contribution in [-0.4, -0.2) is 19.6 Å². The standard InChI is InChI=1S/C14H13FN4/c1-3-10-8-19-14(17-10)16-7-13(18-19)11-5-4-9(2)6-12(11)15/h4-8H,3H2,1-2H3. The Labute approximate surface area is 109 Å². The number of aryl methyl sites for hydroxylation is 2. The van der Waals surface area contributed by atoms with Gasteiger partial charge in [-0.25, -0.2) is 18.9 Å². The van der Waals surface area contributed by atoms with Crippen molar-refractivity contribution in [2.45, 2.75) is 20.3 Å². The normalized spacial score (nSPS) is 11.1. The fourth-order valence-corrected chi connectivity index (χ4v) is 1.95. The van der Waals surface area contributed by atoms with Crippen LogP contribution in [0.25, 0.3) is 17.0 Å². The van der Waals surface area contributed by atoms with Gasteiger partial charge in [-0.3, -0.25) is 0 Å². The van der Waals surface area contributed by atoms with E-state index in [4.69, 9.17) is 0 Å². The van der Waals surface area contributed by atoms with Gasteiger partial charge in [0.1, 0.15) is 11.5 Å². The van der Waals surface area contributed by atoms with Crippen LogP contribution < -0.4 is 0 Å². The minimum absolute atomic E-state index is 0.288. The summed E-state index contributed by atoms with van der Waals surface area (Å²) in [6.45, 7) is 3.87. The predicted octanol–water partition coefficient (Wildman–Crippen LogP) is 2.80. The van der Waals surface area contributed by atoms with Gasteiger partial charge in [0.15, 0.2) is 0 Å². The van der Waals surface area contributed by atoms with Crippen LogP contribution in [0, 0.1) is 12.7 Å². The number of hydrogen-bond acceptors (Lipinski definition) is 3. The highest BCUT2D eigenvalue weighted by Crippen LogP contribution is 2.21. The molecule has 3 rings (SSSR count). The molecule has 0 aliphatic heterocycles. The lowest BCUT2D eigenvalue weighted by Crippen LogP contribution is -1.97. The zero-order valence-corrected chi connectivity index (χ0v) is 10.8. The molecule has 1 aromatic carbocycles. The smallest absolute Gasteiger partial charge is 0.217 e. The molecule has 4 nitrogen and oxygen atoms in total. The molecule has 0 aliphatic rings. The molecular formula is C14H13FN4. The van der Waals surface area contributed by atoms with Crippen LogP contribution in [0.3, 0.4) is 0 Å². The Balaban J connectivity index is 2.14. The largest absolute Gasteiger partial charge is 0.250 e. The van der Waals surface area contributed by atoms with Crippen molar-refractivity contribution < 1.29 is 4.39 Å². The minimum atomic E-state index is -0.288. The van der Waals surface area contributed by atoms with E-state index < -0.39 is 0 Å². The Bertz CT molecular complexity index is 748. The number of fused-ring (bicyclic) bond motifs is 1. The molecule has 0 saturated carbocycles. The molecule has 2 heterocycles. The first-order valence-corrected chi connectivity index (χ1v) is 6.15. The molecule has 19 heavy (non-hydrogen) atoms. The molecule has 0 aliphatic carbocycles. The van der Waals surface area contributed by atoms with Gasteiger partial charge in [0.25, 0.3) is 5.78 Å². The third-order valence-electron chi connectivity index (χ3n) is 3.00. The summed E-state index contributed by atoms with van der Waals surface area (Å²) in [4.78, 5) is 8.51. The second-order valence-corrected chi connectivity index (χ2v) is 4.46. The van der Waals surface area contributed by atoms with Crippen molar-refractivity contribution in [3.8, 4) is 11.3 Å². The van der Waals surface area contributed by atoms with Crippen LogP contribution in [0.4, 0.5) is 4.39 Å². The van der Waals surface area contributed by atoms with Crippen molar-refractivity contribution >= 4 is 5.78 Å². The second kappa shape index (κ2) is 4.42. The Morgan fingerprint density at radius 1 is 1.32 bits per heavy atom. The highest BCUT2D eigenvalue weighted by Gasteiger charge is 2.09. The van der Waals surface area contributed by atoms with E-state index in [-0.39, 0.29) is 5.82 Å². The SMILES string of the molecule is CCc1cn2nc(-c3ccc(C)cc3F)cnc2n1. The first kappa shape index (κ1) is 11.8. The molecule has 0 bridgehead atoms. The van der Waals surface area contributed by atoms with Crippen LogP contribution in [0.1, 0.15) is 18.2 Å². The Kier molecular flexibility index (Phi) is 2.74. The Hall–Kier alpha value is -2.30.